The highest BCUT2D eigenvalue weighted by atomic mass is 16.9. The van der Waals surface area contributed by atoms with Gasteiger partial charge < -0.3 is 25.3 Å². The number of unbranched alkanes of at least 4 members (excludes halogenated alkanes) is 8. The standard InChI is InChI=1S/C27H58N2O3/c1-5-9-13-14-15-16-18-26(19-17-21-29-22-20-28)27(30-23-10-6-2,31-24-11-7-3)32-25-12-8-4/h26,29H,5-25,28H2,1-4H3. The Morgan fingerprint density at radius 3 is 1.56 bits per heavy atom. The average Bonchev–Trinajstić information content (AvgIpc) is 2.80. The van der Waals surface area contributed by atoms with E-state index >= 15 is 0 Å². The molecule has 0 aliphatic carbocycles. The molecule has 1 unspecified atom stereocenters. The number of nitrogens with one attached hydrogen (secondary N) is 1. The molecule has 0 radical (unpaired) electrons. The van der Waals surface area contributed by atoms with Crippen LogP contribution in [-0.4, -0.2) is 45.4 Å². The molecule has 0 fully saturated rings. The molecule has 0 saturated carbocycles. The molecular formula is C27H58N2O3. The SMILES string of the molecule is CCCCCCCCC(CCCNCCN)C(OCCCC)(OCCCC)OCCCC. The van der Waals surface area contributed by atoms with Gasteiger partial charge in [0.1, 0.15) is 0 Å². The molecule has 0 bridgehead atoms. The van der Waals surface area contributed by atoms with Gasteiger partial charge in [-0.25, -0.2) is 0 Å². The van der Waals surface area contributed by atoms with Crippen LogP contribution in [0.15, 0.2) is 0 Å². The van der Waals surface area contributed by atoms with Crippen LogP contribution in [0.4, 0.5) is 0 Å². The van der Waals surface area contributed by atoms with Gasteiger partial charge in [-0.2, -0.15) is 0 Å². The zero-order valence-electron chi connectivity index (χ0n) is 22.2. The maximum absolute atomic E-state index is 6.51. The number of hydrogen-bond donors (Lipinski definition) is 2. The van der Waals surface area contributed by atoms with E-state index in [1.54, 1.807) is 0 Å². The molecule has 0 rings (SSSR count). The molecule has 0 aromatic heterocycles. The van der Waals surface area contributed by atoms with Crippen LogP contribution >= 0.6 is 0 Å². The van der Waals surface area contributed by atoms with Gasteiger partial charge in [0.2, 0.25) is 0 Å². The summed E-state index contributed by atoms with van der Waals surface area (Å²) in [5.74, 6) is -0.629. The Balaban J connectivity index is 5.29. The highest BCUT2D eigenvalue weighted by Crippen LogP contribution is 2.35. The number of ether oxygens (including phenoxy) is 3. The highest BCUT2D eigenvalue weighted by molar-refractivity contribution is 4.74. The highest BCUT2D eigenvalue weighted by Gasteiger charge is 2.42. The summed E-state index contributed by atoms with van der Waals surface area (Å²) in [7, 11) is 0. The first-order valence-corrected chi connectivity index (χ1v) is 14.0. The molecule has 0 aliphatic heterocycles. The Hall–Kier alpha value is -0.200. The summed E-state index contributed by atoms with van der Waals surface area (Å²) in [5.41, 5.74) is 5.64. The van der Waals surface area contributed by atoms with Crippen LogP contribution in [-0.2, 0) is 14.2 Å². The van der Waals surface area contributed by atoms with Crippen molar-refractivity contribution in [2.75, 3.05) is 39.5 Å². The topological polar surface area (TPSA) is 65.7 Å². The minimum atomic E-state index is -0.892. The third-order valence-corrected chi connectivity index (χ3v) is 6.04. The van der Waals surface area contributed by atoms with Crippen LogP contribution in [0.2, 0.25) is 0 Å². The monoisotopic (exact) mass is 458 g/mol. The van der Waals surface area contributed by atoms with Gasteiger partial charge in [-0.3, -0.25) is 0 Å². The molecular weight excluding hydrogens is 400 g/mol. The molecule has 0 aromatic rings. The summed E-state index contributed by atoms with van der Waals surface area (Å²) in [6.07, 6.45) is 17.5. The van der Waals surface area contributed by atoms with Gasteiger partial charge in [0.15, 0.2) is 0 Å². The molecule has 0 aliphatic rings. The minimum absolute atomic E-state index is 0.263. The van der Waals surface area contributed by atoms with E-state index in [0.717, 1.165) is 70.9 Å². The summed E-state index contributed by atoms with van der Waals surface area (Å²) in [6.45, 7) is 13.5. The Labute approximate surface area is 200 Å². The lowest BCUT2D eigenvalue weighted by atomic mass is 9.92. The molecule has 194 valence electrons. The van der Waals surface area contributed by atoms with Crippen molar-refractivity contribution in [3.63, 3.8) is 0 Å². The first-order valence-electron chi connectivity index (χ1n) is 14.0. The van der Waals surface area contributed by atoms with Crippen LogP contribution in [0.25, 0.3) is 0 Å². The molecule has 0 saturated heterocycles. The van der Waals surface area contributed by atoms with Crippen molar-refractivity contribution < 1.29 is 14.2 Å². The molecule has 3 N–H and O–H groups in total. The van der Waals surface area contributed by atoms with Gasteiger partial charge in [0, 0.05) is 19.0 Å². The first kappa shape index (κ1) is 31.8. The maximum atomic E-state index is 6.51. The molecule has 5 heteroatoms. The average molecular weight is 459 g/mol. The van der Waals surface area contributed by atoms with Crippen molar-refractivity contribution in [1.82, 2.24) is 5.32 Å². The molecule has 0 amide bonds. The van der Waals surface area contributed by atoms with E-state index in [0.29, 0.717) is 26.4 Å². The van der Waals surface area contributed by atoms with E-state index in [-0.39, 0.29) is 5.92 Å². The zero-order valence-corrected chi connectivity index (χ0v) is 22.2. The van der Waals surface area contributed by atoms with E-state index in [2.05, 4.69) is 33.0 Å². The van der Waals surface area contributed by atoms with Crippen molar-refractivity contribution in [3.8, 4) is 0 Å². The van der Waals surface area contributed by atoms with E-state index < -0.39 is 5.97 Å². The van der Waals surface area contributed by atoms with Crippen molar-refractivity contribution in [2.45, 2.75) is 130 Å². The van der Waals surface area contributed by atoms with Crippen molar-refractivity contribution in [1.29, 1.82) is 0 Å². The van der Waals surface area contributed by atoms with E-state index in [1.807, 2.05) is 0 Å². The lowest BCUT2D eigenvalue weighted by Crippen LogP contribution is -2.47. The molecule has 0 aromatic carbocycles. The number of hydrogen-bond acceptors (Lipinski definition) is 5. The second-order valence-electron chi connectivity index (χ2n) is 9.14. The van der Waals surface area contributed by atoms with Gasteiger partial charge in [-0.15, -0.1) is 0 Å². The van der Waals surface area contributed by atoms with Gasteiger partial charge in [-0.05, 0) is 45.1 Å². The van der Waals surface area contributed by atoms with Gasteiger partial charge in [0.05, 0.1) is 19.8 Å². The molecule has 5 nitrogen and oxygen atoms in total. The van der Waals surface area contributed by atoms with Gasteiger partial charge >= 0.3 is 0 Å². The smallest absolute Gasteiger partial charge is 0.285 e. The van der Waals surface area contributed by atoms with Crippen molar-refractivity contribution >= 4 is 0 Å². The third-order valence-electron chi connectivity index (χ3n) is 6.04. The number of nitrogens with two attached hydrogens (primary N) is 1. The fourth-order valence-electron chi connectivity index (χ4n) is 3.92. The van der Waals surface area contributed by atoms with E-state index in [4.69, 9.17) is 19.9 Å². The second-order valence-corrected chi connectivity index (χ2v) is 9.14. The Morgan fingerprint density at radius 2 is 1.06 bits per heavy atom. The summed E-state index contributed by atoms with van der Waals surface area (Å²) >= 11 is 0. The van der Waals surface area contributed by atoms with E-state index in [9.17, 15) is 0 Å². The summed E-state index contributed by atoms with van der Waals surface area (Å²) < 4.78 is 19.5. The third kappa shape index (κ3) is 16.4. The number of rotatable bonds is 26. The Kier molecular flexibility index (Phi) is 23.8. The van der Waals surface area contributed by atoms with Crippen LogP contribution in [0.1, 0.15) is 124 Å². The van der Waals surface area contributed by atoms with Crippen LogP contribution in [0.3, 0.4) is 0 Å². The first-order chi connectivity index (χ1) is 15.7. The molecule has 0 spiro atoms. The predicted molar refractivity (Wildman–Crippen MR) is 138 cm³/mol. The Bertz CT molecular complexity index is 342. The fraction of sp³-hybridized carbons (Fsp3) is 1.00. The van der Waals surface area contributed by atoms with Crippen LogP contribution in [0, 0.1) is 5.92 Å². The van der Waals surface area contributed by atoms with Crippen LogP contribution in [0.5, 0.6) is 0 Å². The quantitative estimate of drug-likeness (QED) is 0.110. The fourth-order valence-corrected chi connectivity index (χ4v) is 3.92. The minimum Gasteiger partial charge on any atom is -0.329 e. The van der Waals surface area contributed by atoms with Crippen LogP contribution < -0.4 is 11.1 Å². The van der Waals surface area contributed by atoms with Gasteiger partial charge in [0.25, 0.3) is 5.97 Å². The predicted octanol–water partition coefficient (Wildman–Crippen LogP) is 6.79. The van der Waals surface area contributed by atoms with Crippen molar-refractivity contribution in [3.05, 3.63) is 0 Å². The molecule has 0 heterocycles. The second kappa shape index (κ2) is 23.9. The Morgan fingerprint density at radius 1 is 0.594 bits per heavy atom. The van der Waals surface area contributed by atoms with E-state index in [1.165, 1.54) is 38.5 Å². The van der Waals surface area contributed by atoms with Gasteiger partial charge in [-0.1, -0.05) is 85.5 Å². The zero-order chi connectivity index (χ0) is 23.8. The normalized spacial score (nSPS) is 13.0. The summed E-state index contributed by atoms with van der Waals surface area (Å²) in [6, 6.07) is 0. The molecule has 32 heavy (non-hydrogen) atoms. The largest absolute Gasteiger partial charge is 0.329 e. The lowest BCUT2D eigenvalue weighted by Gasteiger charge is -2.40. The van der Waals surface area contributed by atoms with Crippen molar-refractivity contribution in [2.24, 2.45) is 11.7 Å². The summed E-state index contributed by atoms with van der Waals surface area (Å²) in [5, 5.41) is 3.44. The maximum Gasteiger partial charge on any atom is 0.285 e. The molecule has 1 atom stereocenters. The summed E-state index contributed by atoms with van der Waals surface area (Å²) in [4.78, 5) is 0. The lowest BCUT2D eigenvalue weighted by molar-refractivity contribution is -0.407.